The molecule has 3 nitrogen and oxygen atoms in total. The summed E-state index contributed by atoms with van der Waals surface area (Å²) in [6, 6.07) is 18.0. The molecule has 1 aliphatic carbocycles. The molecule has 29 heavy (non-hydrogen) atoms. The van der Waals surface area contributed by atoms with Crippen molar-refractivity contribution in [1.82, 2.24) is 4.90 Å². The first-order valence-corrected chi connectivity index (χ1v) is 11.1. The van der Waals surface area contributed by atoms with Gasteiger partial charge in [-0.25, -0.2) is 0 Å². The highest BCUT2D eigenvalue weighted by atomic mass is 16.5. The van der Waals surface area contributed by atoms with Gasteiger partial charge < -0.3 is 9.64 Å². The summed E-state index contributed by atoms with van der Waals surface area (Å²) < 4.78 is 5.56. The van der Waals surface area contributed by atoms with Crippen molar-refractivity contribution in [2.75, 3.05) is 38.2 Å². The number of methoxy groups -OCH3 is 1. The average molecular weight is 391 g/mol. The zero-order valence-electron chi connectivity index (χ0n) is 18.1. The lowest BCUT2D eigenvalue weighted by Gasteiger charge is -2.41. The maximum absolute atomic E-state index is 5.56. The molecule has 1 saturated heterocycles. The van der Waals surface area contributed by atoms with E-state index in [1.54, 1.807) is 12.7 Å². The van der Waals surface area contributed by atoms with E-state index in [1.807, 2.05) is 6.07 Å². The topological polar surface area (TPSA) is 15.7 Å². The van der Waals surface area contributed by atoms with Crippen molar-refractivity contribution in [3.63, 3.8) is 0 Å². The van der Waals surface area contributed by atoms with E-state index in [1.165, 1.54) is 36.1 Å². The van der Waals surface area contributed by atoms with E-state index in [2.05, 4.69) is 72.2 Å². The quantitative estimate of drug-likeness (QED) is 0.663. The molecule has 0 saturated carbocycles. The van der Waals surface area contributed by atoms with Gasteiger partial charge in [0.05, 0.1) is 12.8 Å². The van der Waals surface area contributed by atoms with E-state index < -0.39 is 0 Å². The lowest BCUT2D eigenvalue weighted by Crippen LogP contribution is -2.50. The van der Waals surface area contributed by atoms with Crippen LogP contribution in [0.2, 0.25) is 0 Å². The summed E-state index contributed by atoms with van der Waals surface area (Å²) in [5, 5.41) is 0. The van der Waals surface area contributed by atoms with Gasteiger partial charge in [-0.3, -0.25) is 4.90 Å². The van der Waals surface area contributed by atoms with Crippen LogP contribution in [0.15, 0.2) is 54.6 Å². The van der Waals surface area contributed by atoms with Crippen LogP contribution in [0.4, 0.5) is 5.69 Å². The summed E-state index contributed by atoms with van der Waals surface area (Å²) in [6.07, 6.45) is 6.16. The Kier molecular flexibility index (Phi) is 6.25. The van der Waals surface area contributed by atoms with Crippen molar-refractivity contribution in [3.05, 3.63) is 65.7 Å². The SMILES string of the molecule is COc1ccccc1N1CCN(C2CC=C(c3ccccc3C(C)C)CC2)CC1. The highest BCUT2D eigenvalue weighted by Gasteiger charge is 2.27. The van der Waals surface area contributed by atoms with E-state index >= 15 is 0 Å². The van der Waals surface area contributed by atoms with Gasteiger partial charge in [0.1, 0.15) is 5.75 Å². The van der Waals surface area contributed by atoms with E-state index in [0.29, 0.717) is 12.0 Å². The molecule has 0 aromatic heterocycles. The molecule has 1 aliphatic heterocycles. The van der Waals surface area contributed by atoms with Crippen molar-refractivity contribution >= 4 is 11.3 Å². The second kappa shape index (κ2) is 9.04. The second-order valence-electron chi connectivity index (χ2n) is 8.59. The molecule has 0 bridgehead atoms. The summed E-state index contributed by atoms with van der Waals surface area (Å²) in [7, 11) is 1.76. The fourth-order valence-electron chi connectivity index (χ4n) is 4.91. The molecule has 4 rings (SSSR count). The minimum atomic E-state index is 0.577. The molecule has 2 aliphatic rings. The minimum absolute atomic E-state index is 0.577. The van der Waals surface area contributed by atoms with Crippen LogP contribution < -0.4 is 9.64 Å². The largest absolute Gasteiger partial charge is 0.495 e. The number of para-hydroxylation sites is 2. The summed E-state index contributed by atoms with van der Waals surface area (Å²) in [5.74, 6) is 1.56. The van der Waals surface area contributed by atoms with Gasteiger partial charge in [0, 0.05) is 32.2 Å². The Morgan fingerprint density at radius 2 is 1.66 bits per heavy atom. The van der Waals surface area contributed by atoms with Crippen LogP contribution >= 0.6 is 0 Å². The van der Waals surface area contributed by atoms with Crippen LogP contribution in [-0.2, 0) is 0 Å². The molecule has 3 heteroatoms. The predicted octanol–water partition coefficient (Wildman–Crippen LogP) is 5.58. The van der Waals surface area contributed by atoms with Crippen LogP contribution in [0.25, 0.3) is 5.57 Å². The van der Waals surface area contributed by atoms with Crippen LogP contribution in [0.5, 0.6) is 5.75 Å². The highest BCUT2D eigenvalue weighted by Crippen LogP contribution is 2.34. The number of hydrogen-bond acceptors (Lipinski definition) is 3. The molecule has 1 fully saturated rings. The Balaban J connectivity index is 1.38. The number of rotatable bonds is 5. The first-order valence-electron chi connectivity index (χ1n) is 11.1. The van der Waals surface area contributed by atoms with Crippen LogP contribution in [0.1, 0.15) is 50.2 Å². The molecule has 154 valence electrons. The smallest absolute Gasteiger partial charge is 0.142 e. The third-order valence-corrected chi connectivity index (χ3v) is 6.57. The molecule has 0 amide bonds. The van der Waals surface area contributed by atoms with Crippen LogP contribution in [0, 0.1) is 0 Å². The molecule has 1 atom stereocenters. The lowest BCUT2D eigenvalue weighted by atomic mass is 9.85. The lowest BCUT2D eigenvalue weighted by molar-refractivity contribution is 0.175. The van der Waals surface area contributed by atoms with Crippen molar-refractivity contribution in [1.29, 1.82) is 0 Å². The normalized spacial score (nSPS) is 20.6. The van der Waals surface area contributed by atoms with Gasteiger partial charge in [0.2, 0.25) is 0 Å². The molecule has 1 heterocycles. The number of hydrogen-bond donors (Lipinski definition) is 0. The molecular weight excluding hydrogens is 356 g/mol. The van der Waals surface area contributed by atoms with Crippen LogP contribution in [-0.4, -0.2) is 44.2 Å². The van der Waals surface area contributed by atoms with Crippen molar-refractivity contribution in [2.45, 2.75) is 45.1 Å². The highest BCUT2D eigenvalue weighted by molar-refractivity contribution is 5.69. The minimum Gasteiger partial charge on any atom is -0.495 e. The summed E-state index contributed by atoms with van der Waals surface area (Å²) in [6.45, 7) is 9.01. The van der Waals surface area contributed by atoms with E-state index in [0.717, 1.165) is 31.9 Å². The molecule has 0 spiro atoms. The third kappa shape index (κ3) is 4.35. The van der Waals surface area contributed by atoms with Gasteiger partial charge in [-0.15, -0.1) is 0 Å². The number of benzene rings is 2. The van der Waals surface area contributed by atoms with Crippen LogP contribution in [0.3, 0.4) is 0 Å². The zero-order chi connectivity index (χ0) is 20.2. The van der Waals surface area contributed by atoms with Crippen molar-refractivity contribution in [2.24, 2.45) is 0 Å². The Labute approximate surface area is 176 Å². The maximum Gasteiger partial charge on any atom is 0.142 e. The zero-order valence-corrected chi connectivity index (χ0v) is 18.1. The maximum atomic E-state index is 5.56. The Bertz CT molecular complexity index is 849. The van der Waals surface area contributed by atoms with Gasteiger partial charge in [-0.1, -0.05) is 56.3 Å². The average Bonchev–Trinajstić information content (AvgIpc) is 2.79. The predicted molar refractivity (Wildman–Crippen MR) is 123 cm³/mol. The molecule has 2 aromatic rings. The molecule has 1 unspecified atom stereocenters. The summed E-state index contributed by atoms with van der Waals surface area (Å²) in [5.41, 5.74) is 5.74. The van der Waals surface area contributed by atoms with Crippen molar-refractivity contribution < 1.29 is 4.74 Å². The van der Waals surface area contributed by atoms with E-state index in [-0.39, 0.29) is 0 Å². The van der Waals surface area contributed by atoms with E-state index in [9.17, 15) is 0 Å². The van der Waals surface area contributed by atoms with Crippen molar-refractivity contribution in [3.8, 4) is 5.75 Å². The fourth-order valence-corrected chi connectivity index (χ4v) is 4.91. The van der Waals surface area contributed by atoms with Gasteiger partial charge in [-0.05, 0) is 54.0 Å². The van der Waals surface area contributed by atoms with Gasteiger partial charge >= 0.3 is 0 Å². The first kappa shape index (κ1) is 20.0. The van der Waals surface area contributed by atoms with Gasteiger partial charge in [0.15, 0.2) is 0 Å². The number of nitrogens with zero attached hydrogens (tertiary/aromatic N) is 2. The number of piperazine rings is 1. The molecule has 0 radical (unpaired) electrons. The Hall–Kier alpha value is -2.26. The van der Waals surface area contributed by atoms with Gasteiger partial charge in [0.25, 0.3) is 0 Å². The number of allylic oxidation sites excluding steroid dienone is 1. The Morgan fingerprint density at radius 3 is 2.34 bits per heavy atom. The second-order valence-corrected chi connectivity index (χ2v) is 8.59. The molecule has 0 N–H and O–H groups in total. The standard InChI is InChI=1S/C26H34N2O/c1-20(2)23-8-4-5-9-24(23)21-12-14-22(15-13-21)27-16-18-28(19-17-27)25-10-6-7-11-26(25)29-3/h4-12,20,22H,13-19H2,1-3H3. The first-order chi connectivity index (χ1) is 14.2. The number of ether oxygens (including phenoxy) is 1. The number of anilines is 1. The summed E-state index contributed by atoms with van der Waals surface area (Å²) in [4.78, 5) is 5.17. The monoisotopic (exact) mass is 390 g/mol. The Morgan fingerprint density at radius 1 is 0.931 bits per heavy atom. The molecule has 2 aromatic carbocycles. The fraction of sp³-hybridized carbons (Fsp3) is 0.462. The van der Waals surface area contributed by atoms with Gasteiger partial charge in [-0.2, -0.15) is 0 Å². The molecular formula is C26H34N2O. The third-order valence-electron chi connectivity index (χ3n) is 6.57. The van der Waals surface area contributed by atoms with E-state index in [4.69, 9.17) is 4.74 Å². The summed E-state index contributed by atoms with van der Waals surface area (Å²) >= 11 is 0.